The van der Waals surface area contributed by atoms with Gasteiger partial charge in [0.2, 0.25) is 0 Å². The number of carboxylic acid groups (broad SMARTS) is 1. The third kappa shape index (κ3) is 2.09. The van der Waals surface area contributed by atoms with Gasteiger partial charge in [-0.25, -0.2) is 8.42 Å². The van der Waals surface area contributed by atoms with E-state index in [-0.39, 0.29) is 12.8 Å². The summed E-state index contributed by atoms with van der Waals surface area (Å²) in [5.41, 5.74) is 0. The number of carboxylic acids is 1. The highest BCUT2D eigenvalue weighted by Gasteiger charge is 2.78. The standard InChI is InChI=1S/C10H14Cl2O4S/c1-3-5-7(8(13)14)9(6-10(9,11)12)17(15,16)4-2/h4,7H,2-3,5-6H2,1H3,(H,13,14). The molecular weight excluding hydrogens is 287 g/mol. The minimum Gasteiger partial charge on any atom is -0.481 e. The van der Waals surface area contributed by atoms with Crippen molar-refractivity contribution in [3.8, 4) is 0 Å². The Morgan fingerprint density at radius 3 is 2.29 bits per heavy atom. The number of sulfone groups is 1. The Kier molecular flexibility index (Phi) is 3.87. The van der Waals surface area contributed by atoms with E-state index in [1.165, 1.54) is 0 Å². The highest BCUT2D eigenvalue weighted by Crippen LogP contribution is 2.66. The molecule has 7 heteroatoms. The molecule has 1 aliphatic carbocycles. The molecule has 2 unspecified atom stereocenters. The molecule has 0 spiro atoms. The van der Waals surface area contributed by atoms with Gasteiger partial charge in [0.25, 0.3) is 0 Å². The molecule has 0 bridgehead atoms. The van der Waals surface area contributed by atoms with E-state index in [2.05, 4.69) is 6.58 Å². The number of alkyl halides is 2. The predicted octanol–water partition coefficient (Wildman–Crippen LogP) is 2.36. The fourth-order valence-electron chi connectivity index (χ4n) is 2.16. The van der Waals surface area contributed by atoms with E-state index < -0.39 is 30.8 Å². The zero-order chi connectivity index (χ0) is 13.5. The zero-order valence-electron chi connectivity index (χ0n) is 9.32. The number of halogens is 2. The molecule has 0 saturated heterocycles. The first-order chi connectivity index (χ1) is 7.66. The van der Waals surface area contributed by atoms with Gasteiger partial charge in [0.1, 0.15) is 9.08 Å². The van der Waals surface area contributed by atoms with Crippen molar-refractivity contribution in [2.75, 3.05) is 0 Å². The predicted molar refractivity (Wildman–Crippen MR) is 66.9 cm³/mol. The molecule has 4 nitrogen and oxygen atoms in total. The summed E-state index contributed by atoms with van der Waals surface area (Å²) in [6.07, 6.45) is 0.674. The normalized spacial score (nSPS) is 28.4. The minimum atomic E-state index is -3.84. The Morgan fingerprint density at radius 1 is 1.59 bits per heavy atom. The fourth-order valence-corrected chi connectivity index (χ4v) is 5.40. The van der Waals surface area contributed by atoms with Crippen LogP contribution in [0, 0.1) is 5.92 Å². The Labute approximate surface area is 111 Å². The largest absolute Gasteiger partial charge is 0.481 e. The molecule has 1 fully saturated rings. The lowest BCUT2D eigenvalue weighted by Gasteiger charge is -2.23. The van der Waals surface area contributed by atoms with Crippen molar-refractivity contribution in [2.45, 2.75) is 35.3 Å². The average Bonchev–Trinajstić information content (AvgIpc) is 2.79. The first kappa shape index (κ1) is 14.8. The second-order valence-electron chi connectivity index (χ2n) is 4.16. The lowest BCUT2D eigenvalue weighted by atomic mass is 9.98. The van der Waals surface area contributed by atoms with E-state index in [9.17, 15) is 13.2 Å². The highest BCUT2D eigenvalue weighted by atomic mass is 35.5. The summed E-state index contributed by atoms with van der Waals surface area (Å²) in [4.78, 5) is 11.2. The van der Waals surface area contributed by atoms with Crippen LogP contribution in [0.3, 0.4) is 0 Å². The molecule has 0 radical (unpaired) electrons. The second kappa shape index (κ2) is 4.44. The van der Waals surface area contributed by atoms with Crippen LogP contribution in [0.1, 0.15) is 26.2 Å². The van der Waals surface area contributed by atoms with Crippen molar-refractivity contribution in [3.63, 3.8) is 0 Å². The van der Waals surface area contributed by atoms with E-state index in [1.54, 1.807) is 6.92 Å². The van der Waals surface area contributed by atoms with Gasteiger partial charge in [-0.15, -0.1) is 0 Å². The molecular formula is C10H14Cl2O4S. The monoisotopic (exact) mass is 300 g/mol. The van der Waals surface area contributed by atoms with Crippen LogP contribution in [0.25, 0.3) is 0 Å². The number of hydrogen-bond acceptors (Lipinski definition) is 3. The number of aliphatic carboxylic acids is 1. The average molecular weight is 301 g/mol. The van der Waals surface area contributed by atoms with Crippen LogP contribution in [0.4, 0.5) is 0 Å². The smallest absolute Gasteiger partial charge is 0.308 e. The molecule has 0 heterocycles. The van der Waals surface area contributed by atoms with Crippen LogP contribution in [-0.4, -0.2) is 28.6 Å². The van der Waals surface area contributed by atoms with Gasteiger partial charge in [0.05, 0.1) is 5.92 Å². The maximum Gasteiger partial charge on any atom is 0.308 e. The highest BCUT2D eigenvalue weighted by molar-refractivity contribution is 7.96. The second-order valence-corrected chi connectivity index (χ2v) is 7.80. The maximum atomic E-state index is 12.0. The lowest BCUT2D eigenvalue weighted by molar-refractivity contribution is -0.142. The van der Waals surface area contributed by atoms with Crippen molar-refractivity contribution in [2.24, 2.45) is 5.92 Å². The molecule has 1 aliphatic rings. The SMILES string of the molecule is C=CS(=O)(=O)C1(C(CCC)C(=O)O)CC1(Cl)Cl. The third-order valence-corrected chi connectivity index (χ3v) is 6.54. The van der Waals surface area contributed by atoms with Gasteiger partial charge < -0.3 is 5.11 Å². The van der Waals surface area contributed by atoms with Crippen molar-refractivity contribution < 1.29 is 18.3 Å². The summed E-state index contributed by atoms with van der Waals surface area (Å²) in [6.45, 7) is 4.98. The molecule has 98 valence electrons. The van der Waals surface area contributed by atoms with E-state index in [0.29, 0.717) is 6.42 Å². The minimum absolute atomic E-state index is 0.0750. The van der Waals surface area contributed by atoms with Crippen LogP contribution in [0.15, 0.2) is 12.0 Å². The number of carbonyl (C=O) groups is 1. The Hall–Kier alpha value is -0.260. The number of hydrogen-bond donors (Lipinski definition) is 1. The van der Waals surface area contributed by atoms with E-state index >= 15 is 0 Å². The van der Waals surface area contributed by atoms with Crippen LogP contribution in [0.5, 0.6) is 0 Å². The summed E-state index contributed by atoms with van der Waals surface area (Å²) in [5.74, 6) is -2.30. The van der Waals surface area contributed by atoms with Gasteiger partial charge in [-0.2, -0.15) is 0 Å². The molecule has 17 heavy (non-hydrogen) atoms. The van der Waals surface area contributed by atoms with Gasteiger partial charge in [0.15, 0.2) is 9.84 Å². The molecule has 1 rings (SSSR count). The fraction of sp³-hybridized carbons (Fsp3) is 0.700. The first-order valence-corrected chi connectivity index (χ1v) is 7.44. The van der Waals surface area contributed by atoms with Crippen LogP contribution in [0.2, 0.25) is 0 Å². The Morgan fingerprint density at radius 2 is 2.06 bits per heavy atom. The molecule has 1 saturated carbocycles. The molecule has 0 aromatic heterocycles. The van der Waals surface area contributed by atoms with Gasteiger partial charge in [-0.1, -0.05) is 43.1 Å². The number of rotatable bonds is 6. The topological polar surface area (TPSA) is 71.4 Å². The molecule has 0 aromatic rings. The van der Waals surface area contributed by atoms with Crippen molar-refractivity contribution >= 4 is 39.0 Å². The van der Waals surface area contributed by atoms with Gasteiger partial charge >= 0.3 is 5.97 Å². The first-order valence-electron chi connectivity index (χ1n) is 5.14. The van der Waals surface area contributed by atoms with E-state index in [0.717, 1.165) is 5.41 Å². The Balaban J connectivity index is 3.29. The lowest BCUT2D eigenvalue weighted by Crippen LogP contribution is -2.40. The van der Waals surface area contributed by atoms with Gasteiger partial charge in [-0.05, 0) is 6.42 Å². The Bertz CT molecular complexity index is 443. The molecule has 1 N–H and O–H groups in total. The van der Waals surface area contributed by atoms with Crippen LogP contribution < -0.4 is 0 Å². The zero-order valence-corrected chi connectivity index (χ0v) is 11.6. The summed E-state index contributed by atoms with van der Waals surface area (Å²) >= 11 is 11.8. The summed E-state index contributed by atoms with van der Waals surface area (Å²) in [5, 5.41) is 9.90. The van der Waals surface area contributed by atoms with Gasteiger partial charge in [0, 0.05) is 11.8 Å². The summed E-state index contributed by atoms with van der Waals surface area (Å²) < 4.78 is 20.8. The maximum absolute atomic E-state index is 12.0. The van der Waals surface area contributed by atoms with Crippen molar-refractivity contribution in [3.05, 3.63) is 12.0 Å². The van der Waals surface area contributed by atoms with Crippen molar-refractivity contribution in [1.82, 2.24) is 0 Å². The van der Waals surface area contributed by atoms with Crippen LogP contribution in [-0.2, 0) is 14.6 Å². The van der Waals surface area contributed by atoms with Crippen molar-refractivity contribution in [1.29, 1.82) is 0 Å². The van der Waals surface area contributed by atoms with E-state index in [4.69, 9.17) is 28.3 Å². The molecule has 0 amide bonds. The van der Waals surface area contributed by atoms with Gasteiger partial charge in [-0.3, -0.25) is 4.79 Å². The quantitative estimate of drug-likeness (QED) is 0.764. The summed E-state index contributed by atoms with van der Waals surface area (Å²) in [7, 11) is -3.84. The molecule has 0 aliphatic heterocycles. The van der Waals surface area contributed by atoms with Crippen LogP contribution >= 0.6 is 23.2 Å². The van der Waals surface area contributed by atoms with E-state index in [1.807, 2.05) is 0 Å². The molecule has 2 atom stereocenters. The molecule has 0 aromatic carbocycles. The summed E-state index contributed by atoms with van der Waals surface area (Å²) in [6, 6.07) is 0. The third-order valence-electron chi connectivity index (χ3n) is 3.14.